The highest BCUT2D eigenvalue weighted by atomic mass is 32.1. The number of hydrogen-bond acceptors (Lipinski definition) is 7. The SMILES string of the molecule is CCOC(=O)c1nc(Nc2cncnc2)sc1C. The van der Waals surface area contributed by atoms with Crippen molar-refractivity contribution in [3.8, 4) is 0 Å². The molecule has 2 aromatic heterocycles. The number of nitrogens with one attached hydrogen (secondary N) is 1. The number of hydrogen-bond donors (Lipinski definition) is 1. The monoisotopic (exact) mass is 264 g/mol. The van der Waals surface area contributed by atoms with E-state index in [-0.39, 0.29) is 0 Å². The maximum absolute atomic E-state index is 11.6. The number of aryl methyl sites for hydroxylation is 1. The summed E-state index contributed by atoms with van der Waals surface area (Å²) in [7, 11) is 0. The van der Waals surface area contributed by atoms with Crippen LogP contribution in [-0.4, -0.2) is 27.5 Å². The summed E-state index contributed by atoms with van der Waals surface area (Å²) in [6, 6.07) is 0. The van der Waals surface area contributed by atoms with Gasteiger partial charge in [0.2, 0.25) is 0 Å². The summed E-state index contributed by atoms with van der Waals surface area (Å²) in [5.74, 6) is -0.399. The molecule has 7 heteroatoms. The lowest BCUT2D eigenvalue weighted by atomic mass is 10.4. The highest BCUT2D eigenvalue weighted by Gasteiger charge is 2.16. The summed E-state index contributed by atoms with van der Waals surface area (Å²) < 4.78 is 4.93. The van der Waals surface area contributed by atoms with Gasteiger partial charge in [0.15, 0.2) is 10.8 Å². The molecule has 0 amide bonds. The van der Waals surface area contributed by atoms with Gasteiger partial charge in [-0.3, -0.25) is 0 Å². The van der Waals surface area contributed by atoms with Crippen LogP contribution in [0.3, 0.4) is 0 Å². The molecule has 0 aromatic carbocycles. The molecule has 2 aromatic rings. The normalized spacial score (nSPS) is 10.1. The smallest absolute Gasteiger partial charge is 0.358 e. The number of thiazole rings is 1. The second kappa shape index (κ2) is 5.54. The molecule has 0 aliphatic heterocycles. The maximum atomic E-state index is 11.6. The van der Waals surface area contributed by atoms with Gasteiger partial charge in [0, 0.05) is 4.88 Å². The van der Waals surface area contributed by atoms with E-state index in [2.05, 4.69) is 20.3 Å². The van der Waals surface area contributed by atoms with E-state index >= 15 is 0 Å². The van der Waals surface area contributed by atoms with Crippen LogP contribution in [0.2, 0.25) is 0 Å². The van der Waals surface area contributed by atoms with Crippen LogP contribution in [0, 0.1) is 6.92 Å². The zero-order valence-electron chi connectivity index (χ0n) is 10.0. The predicted octanol–water partition coefficient (Wildman–Crippen LogP) is 2.16. The number of carbonyl (C=O) groups excluding carboxylic acids is 1. The summed E-state index contributed by atoms with van der Waals surface area (Å²) in [5.41, 5.74) is 1.07. The fourth-order valence-corrected chi connectivity index (χ4v) is 2.15. The molecule has 0 unspecified atom stereocenters. The van der Waals surface area contributed by atoms with Crippen LogP contribution in [0.15, 0.2) is 18.7 Å². The van der Waals surface area contributed by atoms with Crippen molar-refractivity contribution in [2.45, 2.75) is 13.8 Å². The number of esters is 1. The van der Waals surface area contributed by atoms with Gasteiger partial charge in [0.05, 0.1) is 24.7 Å². The third kappa shape index (κ3) is 2.80. The van der Waals surface area contributed by atoms with Crippen LogP contribution < -0.4 is 5.32 Å². The van der Waals surface area contributed by atoms with Crippen molar-refractivity contribution in [2.24, 2.45) is 0 Å². The molecular formula is C11H12N4O2S. The summed E-state index contributed by atoms with van der Waals surface area (Å²) in [5, 5.41) is 3.65. The lowest BCUT2D eigenvalue weighted by Gasteiger charge is -1.99. The molecule has 0 saturated carbocycles. The number of aromatic nitrogens is 3. The largest absolute Gasteiger partial charge is 0.461 e. The average molecular weight is 264 g/mol. The molecule has 0 aliphatic carbocycles. The molecule has 2 rings (SSSR count). The van der Waals surface area contributed by atoms with Gasteiger partial charge in [-0.05, 0) is 13.8 Å². The molecule has 6 nitrogen and oxygen atoms in total. The van der Waals surface area contributed by atoms with E-state index < -0.39 is 5.97 Å². The Morgan fingerprint density at radius 3 is 2.83 bits per heavy atom. The van der Waals surface area contributed by atoms with Gasteiger partial charge in [0.1, 0.15) is 6.33 Å². The highest BCUT2D eigenvalue weighted by molar-refractivity contribution is 7.15. The third-order valence-electron chi connectivity index (χ3n) is 2.08. The first kappa shape index (κ1) is 12.4. The second-order valence-corrected chi connectivity index (χ2v) is 4.60. The molecular weight excluding hydrogens is 252 g/mol. The lowest BCUT2D eigenvalue weighted by Crippen LogP contribution is -2.06. The molecule has 1 N–H and O–H groups in total. The quantitative estimate of drug-likeness (QED) is 0.853. The molecule has 0 atom stereocenters. The summed E-state index contributed by atoms with van der Waals surface area (Å²) >= 11 is 1.38. The van der Waals surface area contributed by atoms with Crippen LogP contribution in [0.5, 0.6) is 0 Å². The van der Waals surface area contributed by atoms with Crippen molar-refractivity contribution < 1.29 is 9.53 Å². The molecule has 0 fully saturated rings. The van der Waals surface area contributed by atoms with Gasteiger partial charge >= 0.3 is 5.97 Å². The standard InChI is InChI=1S/C11H12N4O2S/c1-3-17-10(16)9-7(2)18-11(15-9)14-8-4-12-6-13-5-8/h4-6H,3H2,1-2H3,(H,14,15). The van der Waals surface area contributed by atoms with Gasteiger partial charge < -0.3 is 10.1 Å². The Hall–Kier alpha value is -2.02. The van der Waals surface area contributed by atoms with Crippen LogP contribution in [0.1, 0.15) is 22.3 Å². The van der Waals surface area contributed by atoms with Crippen molar-refractivity contribution >= 4 is 28.1 Å². The molecule has 0 saturated heterocycles. The van der Waals surface area contributed by atoms with Gasteiger partial charge in [-0.25, -0.2) is 19.7 Å². The Labute approximate surface area is 108 Å². The topological polar surface area (TPSA) is 77.0 Å². The summed E-state index contributed by atoms with van der Waals surface area (Å²) in [6.07, 6.45) is 4.71. The zero-order valence-corrected chi connectivity index (χ0v) is 10.8. The number of ether oxygens (including phenoxy) is 1. The molecule has 0 bridgehead atoms. The summed E-state index contributed by atoms with van der Waals surface area (Å²) in [6.45, 7) is 3.93. The van der Waals surface area contributed by atoms with E-state index in [1.54, 1.807) is 19.3 Å². The van der Waals surface area contributed by atoms with Crippen molar-refractivity contribution in [1.82, 2.24) is 15.0 Å². The van der Waals surface area contributed by atoms with Crippen molar-refractivity contribution in [2.75, 3.05) is 11.9 Å². The Bertz CT molecular complexity index is 541. The van der Waals surface area contributed by atoms with Crippen LogP contribution in [0.4, 0.5) is 10.8 Å². The first-order valence-corrected chi connectivity index (χ1v) is 6.19. The van der Waals surface area contributed by atoms with Gasteiger partial charge in [-0.2, -0.15) is 0 Å². The Morgan fingerprint density at radius 2 is 2.17 bits per heavy atom. The molecule has 0 radical (unpaired) electrons. The minimum absolute atomic E-state index is 0.338. The number of anilines is 2. The fraction of sp³-hybridized carbons (Fsp3) is 0.273. The molecule has 2 heterocycles. The van der Waals surface area contributed by atoms with E-state index in [1.165, 1.54) is 17.7 Å². The van der Waals surface area contributed by atoms with E-state index in [4.69, 9.17) is 4.74 Å². The van der Waals surface area contributed by atoms with E-state index in [0.29, 0.717) is 17.4 Å². The van der Waals surface area contributed by atoms with Gasteiger partial charge in [0.25, 0.3) is 0 Å². The minimum atomic E-state index is -0.399. The molecule has 94 valence electrons. The number of nitrogens with zero attached hydrogens (tertiary/aromatic N) is 3. The molecule has 18 heavy (non-hydrogen) atoms. The Kier molecular flexibility index (Phi) is 3.83. The number of rotatable bonds is 4. The Morgan fingerprint density at radius 1 is 1.44 bits per heavy atom. The highest BCUT2D eigenvalue weighted by Crippen LogP contribution is 2.25. The van der Waals surface area contributed by atoms with E-state index in [1.807, 2.05) is 6.92 Å². The molecule has 0 aliphatic rings. The van der Waals surface area contributed by atoms with Crippen molar-refractivity contribution in [1.29, 1.82) is 0 Å². The van der Waals surface area contributed by atoms with E-state index in [9.17, 15) is 4.79 Å². The summed E-state index contributed by atoms with van der Waals surface area (Å²) in [4.78, 5) is 24.4. The van der Waals surface area contributed by atoms with Crippen LogP contribution in [-0.2, 0) is 4.74 Å². The Balaban J connectivity index is 2.16. The second-order valence-electron chi connectivity index (χ2n) is 3.40. The van der Waals surface area contributed by atoms with Crippen LogP contribution in [0.25, 0.3) is 0 Å². The fourth-order valence-electron chi connectivity index (χ4n) is 1.33. The average Bonchev–Trinajstić information content (AvgIpc) is 2.72. The molecule has 0 spiro atoms. The van der Waals surface area contributed by atoms with Gasteiger partial charge in [-0.1, -0.05) is 0 Å². The lowest BCUT2D eigenvalue weighted by molar-refractivity contribution is 0.0519. The first-order valence-electron chi connectivity index (χ1n) is 5.37. The number of carbonyl (C=O) groups is 1. The first-order chi connectivity index (χ1) is 8.70. The van der Waals surface area contributed by atoms with Crippen molar-refractivity contribution in [3.63, 3.8) is 0 Å². The predicted molar refractivity (Wildman–Crippen MR) is 68.1 cm³/mol. The third-order valence-corrected chi connectivity index (χ3v) is 2.96. The minimum Gasteiger partial charge on any atom is -0.461 e. The van der Waals surface area contributed by atoms with E-state index in [0.717, 1.165) is 10.6 Å². The van der Waals surface area contributed by atoms with Crippen molar-refractivity contribution in [3.05, 3.63) is 29.3 Å². The van der Waals surface area contributed by atoms with Crippen LogP contribution >= 0.6 is 11.3 Å². The maximum Gasteiger partial charge on any atom is 0.358 e. The zero-order chi connectivity index (χ0) is 13.0. The van der Waals surface area contributed by atoms with Gasteiger partial charge in [-0.15, -0.1) is 11.3 Å².